The summed E-state index contributed by atoms with van der Waals surface area (Å²) in [6.45, 7) is 1.92. The first-order valence-electron chi connectivity index (χ1n) is 6.47. The third-order valence-electron chi connectivity index (χ3n) is 3.58. The molecule has 100 valence electrons. The van der Waals surface area contributed by atoms with Gasteiger partial charge in [0.25, 0.3) is 0 Å². The van der Waals surface area contributed by atoms with Gasteiger partial charge in [0.15, 0.2) is 0 Å². The van der Waals surface area contributed by atoms with Gasteiger partial charge in [-0.2, -0.15) is 0 Å². The monoisotopic (exact) mass is 252 g/mol. The van der Waals surface area contributed by atoms with Crippen LogP contribution in [0.1, 0.15) is 18.4 Å². The van der Waals surface area contributed by atoms with Gasteiger partial charge >= 0.3 is 0 Å². The van der Waals surface area contributed by atoms with Crippen LogP contribution in [-0.4, -0.2) is 37.2 Å². The molecular weight excluding hydrogens is 231 g/mol. The number of benzene rings is 1. The van der Waals surface area contributed by atoms with Gasteiger partial charge in [-0.3, -0.25) is 4.90 Å². The minimum Gasteiger partial charge on any atom is -0.377 e. The first-order valence-corrected chi connectivity index (χ1v) is 6.47. The lowest BCUT2D eigenvalue weighted by Crippen LogP contribution is -2.45. The highest BCUT2D eigenvalue weighted by Crippen LogP contribution is 2.20. The molecule has 1 aromatic rings. The van der Waals surface area contributed by atoms with Crippen molar-refractivity contribution in [2.45, 2.75) is 31.5 Å². The average molecular weight is 252 g/mol. The van der Waals surface area contributed by atoms with Crippen LogP contribution in [0, 0.1) is 5.82 Å². The molecule has 2 atom stereocenters. The van der Waals surface area contributed by atoms with Gasteiger partial charge in [-0.1, -0.05) is 18.2 Å². The highest BCUT2D eigenvalue weighted by molar-refractivity contribution is 5.17. The fourth-order valence-electron chi connectivity index (χ4n) is 2.53. The van der Waals surface area contributed by atoms with Crippen LogP contribution in [-0.2, 0) is 11.3 Å². The number of likely N-dealkylation sites (N-methyl/N-ethyl adjacent to an activating group) is 1. The van der Waals surface area contributed by atoms with Gasteiger partial charge in [-0.05, 0) is 26.0 Å². The summed E-state index contributed by atoms with van der Waals surface area (Å²) < 4.78 is 19.3. The topological polar surface area (TPSA) is 38.5 Å². The molecule has 4 heteroatoms. The normalized spacial score (nSPS) is 21.4. The van der Waals surface area contributed by atoms with Crippen molar-refractivity contribution in [1.82, 2.24) is 4.90 Å². The lowest BCUT2D eigenvalue weighted by atomic mass is 10.1. The molecule has 1 aromatic carbocycles. The van der Waals surface area contributed by atoms with E-state index < -0.39 is 0 Å². The Bertz CT molecular complexity index is 380. The van der Waals surface area contributed by atoms with Gasteiger partial charge in [0, 0.05) is 31.3 Å². The van der Waals surface area contributed by atoms with Crippen LogP contribution in [0.25, 0.3) is 0 Å². The second-order valence-electron chi connectivity index (χ2n) is 4.86. The second-order valence-corrected chi connectivity index (χ2v) is 4.86. The number of ether oxygens (including phenoxy) is 1. The molecule has 0 bridgehead atoms. The summed E-state index contributed by atoms with van der Waals surface area (Å²) in [5.41, 5.74) is 6.53. The molecule has 1 aliphatic heterocycles. The third kappa shape index (κ3) is 3.07. The summed E-state index contributed by atoms with van der Waals surface area (Å²) in [5, 5.41) is 0. The first-order chi connectivity index (χ1) is 8.72. The van der Waals surface area contributed by atoms with E-state index in [1.165, 1.54) is 6.07 Å². The number of hydrogen-bond acceptors (Lipinski definition) is 3. The second kappa shape index (κ2) is 6.27. The molecule has 1 heterocycles. The number of halogens is 1. The van der Waals surface area contributed by atoms with E-state index in [0.29, 0.717) is 18.7 Å². The molecule has 1 saturated heterocycles. The van der Waals surface area contributed by atoms with Crippen molar-refractivity contribution in [2.75, 3.05) is 20.2 Å². The largest absolute Gasteiger partial charge is 0.377 e. The first kappa shape index (κ1) is 13.5. The average Bonchev–Trinajstić information content (AvgIpc) is 2.87. The Balaban J connectivity index is 2.01. The molecule has 2 N–H and O–H groups in total. The minimum atomic E-state index is -0.160. The van der Waals surface area contributed by atoms with E-state index in [0.717, 1.165) is 19.4 Å². The summed E-state index contributed by atoms with van der Waals surface area (Å²) in [5.74, 6) is -0.160. The van der Waals surface area contributed by atoms with Crippen LogP contribution < -0.4 is 5.73 Å². The van der Waals surface area contributed by atoms with Crippen LogP contribution in [0.2, 0.25) is 0 Å². The van der Waals surface area contributed by atoms with Crippen molar-refractivity contribution < 1.29 is 9.13 Å². The summed E-state index contributed by atoms with van der Waals surface area (Å²) >= 11 is 0. The maximum atomic E-state index is 13.6. The fourth-order valence-corrected chi connectivity index (χ4v) is 2.53. The van der Waals surface area contributed by atoms with Crippen molar-refractivity contribution in [3.05, 3.63) is 35.6 Å². The Morgan fingerprint density at radius 2 is 2.28 bits per heavy atom. The number of nitrogens with two attached hydrogens (primary N) is 1. The SMILES string of the molecule is CN(Cc1ccccc1F)C(CN)C1CCCO1. The molecule has 0 aliphatic carbocycles. The molecular formula is C14H21FN2O. The highest BCUT2D eigenvalue weighted by Gasteiger charge is 2.28. The van der Waals surface area contributed by atoms with Crippen molar-refractivity contribution in [2.24, 2.45) is 5.73 Å². The van der Waals surface area contributed by atoms with Crippen LogP contribution in [0.3, 0.4) is 0 Å². The summed E-state index contributed by atoms with van der Waals surface area (Å²) in [6.07, 6.45) is 2.32. The predicted octanol–water partition coefficient (Wildman–Crippen LogP) is 1.76. The Morgan fingerprint density at radius 3 is 2.89 bits per heavy atom. The maximum absolute atomic E-state index is 13.6. The maximum Gasteiger partial charge on any atom is 0.127 e. The van der Waals surface area contributed by atoms with Gasteiger partial charge in [-0.25, -0.2) is 4.39 Å². The molecule has 1 fully saturated rings. The number of hydrogen-bond donors (Lipinski definition) is 1. The molecule has 0 radical (unpaired) electrons. The Morgan fingerprint density at radius 1 is 1.50 bits per heavy atom. The zero-order valence-corrected chi connectivity index (χ0v) is 10.8. The molecule has 18 heavy (non-hydrogen) atoms. The molecule has 3 nitrogen and oxygen atoms in total. The molecule has 2 unspecified atom stereocenters. The van der Waals surface area contributed by atoms with Gasteiger partial charge < -0.3 is 10.5 Å². The lowest BCUT2D eigenvalue weighted by Gasteiger charge is -2.31. The van der Waals surface area contributed by atoms with Crippen LogP contribution >= 0.6 is 0 Å². The summed E-state index contributed by atoms with van der Waals surface area (Å²) in [7, 11) is 1.98. The predicted molar refractivity (Wildman–Crippen MR) is 69.7 cm³/mol. The van der Waals surface area contributed by atoms with Gasteiger partial charge in [-0.15, -0.1) is 0 Å². The van der Waals surface area contributed by atoms with Crippen molar-refractivity contribution in [1.29, 1.82) is 0 Å². The van der Waals surface area contributed by atoms with Gasteiger partial charge in [0.2, 0.25) is 0 Å². The molecule has 0 spiro atoms. The van der Waals surface area contributed by atoms with E-state index in [-0.39, 0.29) is 18.0 Å². The zero-order chi connectivity index (χ0) is 13.0. The van der Waals surface area contributed by atoms with Crippen molar-refractivity contribution in [3.63, 3.8) is 0 Å². The van der Waals surface area contributed by atoms with Crippen molar-refractivity contribution >= 4 is 0 Å². The quantitative estimate of drug-likeness (QED) is 0.868. The molecule has 0 aromatic heterocycles. The van der Waals surface area contributed by atoms with E-state index in [9.17, 15) is 4.39 Å². The summed E-state index contributed by atoms with van der Waals surface area (Å²) in [6, 6.07) is 7.03. The van der Waals surface area contributed by atoms with E-state index in [1.54, 1.807) is 6.07 Å². The standard InChI is InChI=1S/C14H21FN2O/c1-17(10-11-5-2-3-6-12(11)15)13(9-16)14-7-4-8-18-14/h2-3,5-6,13-14H,4,7-10,16H2,1H3. The third-order valence-corrected chi connectivity index (χ3v) is 3.58. The van der Waals surface area contributed by atoms with E-state index >= 15 is 0 Å². The molecule has 0 saturated carbocycles. The molecule has 2 rings (SSSR count). The Kier molecular flexibility index (Phi) is 4.69. The fraction of sp³-hybridized carbons (Fsp3) is 0.571. The summed E-state index contributed by atoms with van der Waals surface area (Å²) in [4.78, 5) is 2.09. The highest BCUT2D eigenvalue weighted by atomic mass is 19.1. The molecule has 0 amide bonds. The lowest BCUT2D eigenvalue weighted by molar-refractivity contribution is 0.0343. The van der Waals surface area contributed by atoms with Crippen LogP contribution in [0.5, 0.6) is 0 Å². The Labute approximate surface area is 108 Å². The number of rotatable bonds is 5. The number of nitrogens with zero attached hydrogens (tertiary/aromatic N) is 1. The van der Waals surface area contributed by atoms with Crippen LogP contribution in [0.4, 0.5) is 4.39 Å². The van der Waals surface area contributed by atoms with Crippen LogP contribution in [0.15, 0.2) is 24.3 Å². The Hall–Kier alpha value is -0.970. The van der Waals surface area contributed by atoms with Gasteiger partial charge in [0.05, 0.1) is 6.10 Å². The smallest absolute Gasteiger partial charge is 0.127 e. The van der Waals surface area contributed by atoms with Crippen molar-refractivity contribution in [3.8, 4) is 0 Å². The zero-order valence-electron chi connectivity index (χ0n) is 10.8. The van der Waals surface area contributed by atoms with E-state index in [1.807, 2.05) is 19.2 Å². The van der Waals surface area contributed by atoms with E-state index in [2.05, 4.69) is 4.90 Å². The van der Waals surface area contributed by atoms with Gasteiger partial charge in [0.1, 0.15) is 5.82 Å². The molecule has 1 aliphatic rings. The minimum absolute atomic E-state index is 0.159. The van der Waals surface area contributed by atoms with E-state index in [4.69, 9.17) is 10.5 Å².